The molecule has 1 aromatic rings. The number of thiazole rings is 1. The molecule has 1 N–H and O–H groups in total. The fraction of sp³-hybridized carbons (Fsp3) is 0.700. The molecule has 1 heterocycles. The van der Waals surface area contributed by atoms with E-state index in [9.17, 15) is 5.11 Å². The topological polar surface area (TPSA) is 33.1 Å². The predicted octanol–water partition coefficient (Wildman–Crippen LogP) is 2.92. The van der Waals surface area contributed by atoms with Crippen molar-refractivity contribution in [2.45, 2.75) is 39.7 Å². The van der Waals surface area contributed by atoms with E-state index in [4.69, 9.17) is 0 Å². The Hall–Kier alpha value is -0.410. The molecule has 0 aliphatic rings. The SMILES string of the molecule is CCC(CC)C(O)c1scnc1C. The van der Waals surface area contributed by atoms with Crippen LogP contribution in [0.1, 0.15) is 43.4 Å². The van der Waals surface area contributed by atoms with Crippen molar-refractivity contribution in [2.24, 2.45) is 5.92 Å². The molecule has 1 rings (SSSR count). The average Bonchev–Trinajstić information content (AvgIpc) is 2.53. The summed E-state index contributed by atoms with van der Waals surface area (Å²) in [6.07, 6.45) is 1.73. The van der Waals surface area contributed by atoms with Crippen LogP contribution in [0.3, 0.4) is 0 Å². The van der Waals surface area contributed by atoms with Crippen LogP contribution in [0, 0.1) is 12.8 Å². The van der Waals surface area contributed by atoms with Gasteiger partial charge in [0.25, 0.3) is 0 Å². The second-order valence-corrected chi connectivity index (χ2v) is 4.21. The Balaban J connectivity index is 2.77. The van der Waals surface area contributed by atoms with Crippen LogP contribution in [0.25, 0.3) is 0 Å². The number of aliphatic hydroxyl groups excluding tert-OH is 1. The van der Waals surface area contributed by atoms with Gasteiger partial charge in [0.2, 0.25) is 0 Å². The second-order valence-electron chi connectivity index (χ2n) is 3.32. The summed E-state index contributed by atoms with van der Waals surface area (Å²) < 4.78 is 0. The number of nitrogens with zero attached hydrogens (tertiary/aromatic N) is 1. The van der Waals surface area contributed by atoms with E-state index >= 15 is 0 Å². The largest absolute Gasteiger partial charge is 0.387 e. The zero-order chi connectivity index (χ0) is 9.84. The first-order valence-electron chi connectivity index (χ1n) is 4.78. The van der Waals surface area contributed by atoms with Crippen LogP contribution in [-0.2, 0) is 0 Å². The Morgan fingerprint density at radius 2 is 2.08 bits per heavy atom. The summed E-state index contributed by atoms with van der Waals surface area (Å²) in [6, 6.07) is 0. The van der Waals surface area contributed by atoms with Gasteiger partial charge in [-0.25, -0.2) is 4.98 Å². The third kappa shape index (κ3) is 2.29. The van der Waals surface area contributed by atoms with Gasteiger partial charge in [0.15, 0.2) is 0 Å². The molecular weight excluding hydrogens is 182 g/mol. The molecule has 0 saturated carbocycles. The molecule has 0 fully saturated rings. The van der Waals surface area contributed by atoms with Gasteiger partial charge in [-0.05, 0) is 12.8 Å². The molecular formula is C10H17NOS. The van der Waals surface area contributed by atoms with Crippen molar-refractivity contribution in [1.29, 1.82) is 0 Å². The van der Waals surface area contributed by atoms with Gasteiger partial charge in [-0.3, -0.25) is 0 Å². The lowest BCUT2D eigenvalue weighted by Crippen LogP contribution is -2.10. The highest BCUT2D eigenvalue weighted by Crippen LogP contribution is 2.31. The van der Waals surface area contributed by atoms with Crippen molar-refractivity contribution in [3.63, 3.8) is 0 Å². The van der Waals surface area contributed by atoms with Crippen LogP contribution in [0.4, 0.5) is 0 Å². The monoisotopic (exact) mass is 199 g/mol. The number of hydrogen-bond acceptors (Lipinski definition) is 3. The molecule has 0 saturated heterocycles. The lowest BCUT2D eigenvalue weighted by atomic mass is 9.95. The van der Waals surface area contributed by atoms with E-state index in [2.05, 4.69) is 18.8 Å². The van der Waals surface area contributed by atoms with E-state index in [0.717, 1.165) is 23.4 Å². The molecule has 3 heteroatoms. The summed E-state index contributed by atoms with van der Waals surface area (Å²) in [6.45, 7) is 6.19. The Bertz CT molecular complexity index is 255. The Morgan fingerprint density at radius 3 is 2.46 bits per heavy atom. The fourth-order valence-electron chi connectivity index (χ4n) is 1.54. The third-order valence-corrected chi connectivity index (χ3v) is 3.55. The van der Waals surface area contributed by atoms with Crippen molar-refractivity contribution in [2.75, 3.05) is 0 Å². The first-order chi connectivity index (χ1) is 6.20. The smallest absolute Gasteiger partial charge is 0.0928 e. The summed E-state index contributed by atoms with van der Waals surface area (Å²) in [5, 5.41) is 10.0. The van der Waals surface area contributed by atoms with Crippen molar-refractivity contribution >= 4 is 11.3 Å². The van der Waals surface area contributed by atoms with Crippen molar-refractivity contribution < 1.29 is 5.11 Å². The van der Waals surface area contributed by atoms with Crippen LogP contribution in [-0.4, -0.2) is 10.1 Å². The van der Waals surface area contributed by atoms with Gasteiger partial charge in [-0.15, -0.1) is 11.3 Å². The summed E-state index contributed by atoms with van der Waals surface area (Å²) in [5.74, 6) is 0.374. The maximum absolute atomic E-state index is 10.0. The van der Waals surface area contributed by atoms with Gasteiger partial charge in [0.1, 0.15) is 0 Å². The minimum Gasteiger partial charge on any atom is -0.387 e. The summed E-state index contributed by atoms with van der Waals surface area (Å²) in [4.78, 5) is 5.18. The molecule has 0 aliphatic heterocycles. The summed E-state index contributed by atoms with van der Waals surface area (Å²) >= 11 is 1.56. The lowest BCUT2D eigenvalue weighted by molar-refractivity contribution is 0.106. The molecule has 0 aliphatic carbocycles. The van der Waals surface area contributed by atoms with Crippen LogP contribution < -0.4 is 0 Å². The molecule has 74 valence electrons. The van der Waals surface area contributed by atoms with E-state index in [0.29, 0.717) is 5.92 Å². The first-order valence-corrected chi connectivity index (χ1v) is 5.66. The number of aryl methyl sites for hydroxylation is 1. The first kappa shape index (κ1) is 10.7. The Morgan fingerprint density at radius 1 is 1.46 bits per heavy atom. The van der Waals surface area contributed by atoms with Crippen molar-refractivity contribution in [1.82, 2.24) is 4.98 Å². The van der Waals surface area contributed by atoms with Crippen molar-refractivity contribution in [3.8, 4) is 0 Å². The summed E-state index contributed by atoms with van der Waals surface area (Å²) in [5.41, 5.74) is 2.78. The predicted molar refractivity (Wildman–Crippen MR) is 55.9 cm³/mol. The van der Waals surface area contributed by atoms with E-state index in [1.165, 1.54) is 0 Å². The lowest BCUT2D eigenvalue weighted by Gasteiger charge is -2.18. The number of hydrogen-bond donors (Lipinski definition) is 1. The van der Waals surface area contributed by atoms with Gasteiger partial charge >= 0.3 is 0 Å². The van der Waals surface area contributed by atoms with Crippen LogP contribution in [0.2, 0.25) is 0 Å². The standard InChI is InChI=1S/C10H17NOS/c1-4-8(5-2)9(12)10-7(3)11-6-13-10/h6,8-9,12H,4-5H2,1-3H3. The van der Waals surface area contributed by atoms with E-state index in [1.54, 1.807) is 16.8 Å². The minimum atomic E-state index is -0.317. The zero-order valence-corrected chi connectivity index (χ0v) is 9.27. The maximum Gasteiger partial charge on any atom is 0.0928 e. The summed E-state index contributed by atoms with van der Waals surface area (Å²) in [7, 11) is 0. The number of rotatable bonds is 4. The molecule has 1 atom stereocenters. The molecule has 0 bridgehead atoms. The molecule has 13 heavy (non-hydrogen) atoms. The Labute approximate surface area is 83.6 Å². The highest BCUT2D eigenvalue weighted by molar-refractivity contribution is 7.09. The van der Waals surface area contributed by atoms with Gasteiger partial charge in [0, 0.05) is 0 Å². The van der Waals surface area contributed by atoms with E-state index in [-0.39, 0.29) is 6.10 Å². The molecule has 1 aromatic heterocycles. The normalized spacial score (nSPS) is 13.6. The van der Waals surface area contributed by atoms with E-state index in [1.807, 2.05) is 6.92 Å². The minimum absolute atomic E-state index is 0.317. The van der Waals surface area contributed by atoms with E-state index < -0.39 is 0 Å². The number of aromatic nitrogens is 1. The van der Waals surface area contributed by atoms with Crippen LogP contribution >= 0.6 is 11.3 Å². The van der Waals surface area contributed by atoms with Gasteiger partial charge in [0.05, 0.1) is 22.2 Å². The number of aliphatic hydroxyl groups is 1. The molecule has 0 radical (unpaired) electrons. The highest BCUT2D eigenvalue weighted by atomic mass is 32.1. The molecule has 0 spiro atoms. The van der Waals surface area contributed by atoms with Crippen LogP contribution in [0.5, 0.6) is 0 Å². The van der Waals surface area contributed by atoms with Gasteiger partial charge in [-0.1, -0.05) is 26.7 Å². The Kier molecular flexibility index (Phi) is 3.88. The fourth-order valence-corrected chi connectivity index (χ4v) is 2.42. The quantitative estimate of drug-likeness (QED) is 0.808. The average molecular weight is 199 g/mol. The second kappa shape index (κ2) is 4.72. The van der Waals surface area contributed by atoms with Crippen molar-refractivity contribution in [3.05, 3.63) is 16.1 Å². The molecule has 2 nitrogen and oxygen atoms in total. The molecule has 0 amide bonds. The van der Waals surface area contributed by atoms with Gasteiger partial charge < -0.3 is 5.11 Å². The molecule has 0 aromatic carbocycles. The molecule has 1 unspecified atom stereocenters. The zero-order valence-electron chi connectivity index (χ0n) is 8.45. The van der Waals surface area contributed by atoms with Crippen LogP contribution in [0.15, 0.2) is 5.51 Å². The highest BCUT2D eigenvalue weighted by Gasteiger charge is 2.20. The van der Waals surface area contributed by atoms with Gasteiger partial charge in [-0.2, -0.15) is 0 Å². The third-order valence-electron chi connectivity index (χ3n) is 2.55. The maximum atomic E-state index is 10.0.